The molecule has 0 amide bonds. The predicted molar refractivity (Wildman–Crippen MR) is 111 cm³/mol. The van der Waals surface area contributed by atoms with E-state index in [2.05, 4.69) is 19.1 Å². The molecule has 1 aliphatic carbocycles. The molecule has 3 atom stereocenters. The number of aliphatic hydroxyl groups excluding tert-OH is 2. The molecule has 0 saturated carbocycles. The minimum Gasteiger partial charge on any atom is -0.393 e. The van der Waals surface area contributed by atoms with Crippen molar-refractivity contribution in [3.8, 4) is 0 Å². The molecule has 0 spiro atoms. The molecule has 1 aliphatic rings. The van der Waals surface area contributed by atoms with Crippen LogP contribution < -0.4 is 0 Å². The van der Waals surface area contributed by atoms with Gasteiger partial charge in [0.05, 0.1) is 11.7 Å². The van der Waals surface area contributed by atoms with Crippen LogP contribution in [0.1, 0.15) is 96.8 Å². The Kier molecular flexibility index (Phi) is 12.6. The summed E-state index contributed by atoms with van der Waals surface area (Å²) in [4.78, 5) is 11.3. The van der Waals surface area contributed by atoms with Crippen molar-refractivity contribution in [1.29, 1.82) is 0 Å². The summed E-state index contributed by atoms with van der Waals surface area (Å²) in [6.45, 7) is 2.24. The Bertz CT molecular complexity index is 457. The van der Waals surface area contributed by atoms with Gasteiger partial charge < -0.3 is 15.3 Å². The number of hydrogen-bond acceptors (Lipinski definition) is 4. The zero-order valence-corrected chi connectivity index (χ0v) is 17.1. The summed E-state index contributed by atoms with van der Waals surface area (Å²) in [5, 5.41) is 30.1. The molecule has 0 radical (unpaired) electrons. The topological polar surface area (TPSA) is 77.8 Å². The van der Waals surface area contributed by atoms with Crippen LogP contribution >= 0.6 is 0 Å². The van der Waals surface area contributed by atoms with Crippen molar-refractivity contribution in [2.24, 2.45) is 0 Å². The zero-order chi connectivity index (χ0) is 20.0. The molecule has 0 bridgehead atoms. The fraction of sp³-hybridized carbons (Fsp3) is 0.783. The molecule has 156 valence electrons. The van der Waals surface area contributed by atoms with Crippen molar-refractivity contribution in [1.82, 2.24) is 0 Å². The number of carbonyl (C=O) groups excluding carboxylic acids is 1. The van der Waals surface area contributed by atoms with Crippen molar-refractivity contribution in [2.75, 3.05) is 0 Å². The van der Waals surface area contributed by atoms with Crippen molar-refractivity contribution in [3.63, 3.8) is 0 Å². The summed E-state index contributed by atoms with van der Waals surface area (Å²) in [6, 6.07) is 0. The second-order valence-corrected chi connectivity index (χ2v) is 8.08. The Balaban J connectivity index is 1.98. The summed E-state index contributed by atoms with van der Waals surface area (Å²) in [5.74, 6) is -0.375. The number of unbranched alkanes of at least 4 members (excludes halogenated alkanes) is 9. The molecule has 1 unspecified atom stereocenters. The zero-order valence-electron chi connectivity index (χ0n) is 17.1. The number of ketones is 1. The molecule has 4 heteroatoms. The molecule has 0 aromatic heterocycles. The lowest BCUT2D eigenvalue weighted by molar-refractivity contribution is -0.127. The minimum atomic E-state index is -1.27. The maximum absolute atomic E-state index is 11.3. The van der Waals surface area contributed by atoms with Crippen molar-refractivity contribution in [3.05, 3.63) is 24.3 Å². The summed E-state index contributed by atoms with van der Waals surface area (Å²) < 4.78 is 0. The Hall–Kier alpha value is -0.970. The van der Waals surface area contributed by atoms with Crippen LogP contribution in [0.4, 0.5) is 0 Å². The van der Waals surface area contributed by atoms with Crippen LogP contribution in [0.25, 0.3) is 0 Å². The smallest absolute Gasteiger partial charge is 0.183 e. The third-order valence-corrected chi connectivity index (χ3v) is 5.32. The number of allylic oxidation sites excluding steroid dienone is 2. The van der Waals surface area contributed by atoms with Gasteiger partial charge in [0.15, 0.2) is 5.78 Å². The Morgan fingerprint density at radius 3 is 2.30 bits per heavy atom. The van der Waals surface area contributed by atoms with Crippen LogP contribution in [0.2, 0.25) is 0 Å². The van der Waals surface area contributed by atoms with Crippen LogP contribution in [-0.2, 0) is 4.79 Å². The Labute approximate surface area is 165 Å². The highest BCUT2D eigenvalue weighted by Crippen LogP contribution is 2.27. The van der Waals surface area contributed by atoms with Gasteiger partial charge in [0.25, 0.3) is 0 Å². The first-order valence-electron chi connectivity index (χ1n) is 10.9. The first kappa shape index (κ1) is 24.1. The van der Waals surface area contributed by atoms with Gasteiger partial charge in [-0.2, -0.15) is 0 Å². The Morgan fingerprint density at radius 2 is 1.67 bits per heavy atom. The number of rotatable bonds is 15. The normalized spacial score (nSPS) is 24.0. The van der Waals surface area contributed by atoms with Gasteiger partial charge >= 0.3 is 0 Å². The second-order valence-electron chi connectivity index (χ2n) is 8.08. The first-order valence-corrected chi connectivity index (χ1v) is 10.9. The van der Waals surface area contributed by atoms with Gasteiger partial charge in [-0.15, -0.1) is 0 Å². The van der Waals surface area contributed by atoms with Crippen LogP contribution in [-0.4, -0.2) is 38.9 Å². The molecule has 0 aromatic carbocycles. The van der Waals surface area contributed by atoms with Crippen LogP contribution in [0.15, 0.2) is 24.3 Å². The highest BCUT2D eigenvalue weighted by Gasteiger charge is 2.35. The van der Waals surface area contributed by atoms with E-state index >= 15 is 0 Å². The lowest BCUT2D eigenvalue weighted by atomic mass is 9.83. The molecule has 3 N–H and O–H groups in total. The molecule has 0 saturated heterocycles. The number of aliphatic hydroxyl groups is 3. The van der Waals surface area contributed by atoms with E-state index in [9.17, 15) is 20.1 Å². The lowest BCUT2D eigenvalue weighted by Gasteiger charge is -2.31. The van der Waals surface area contributed by atoms with Gasteiger partial charge in [-0.1, -0.05) is 64.0 Å². The molecule has 0 fully saturated rings. The monoisotopic (exact) mass is 380 g/mol. The van der Waals surface area contributed by atoms with E-state index in [1.54, 1.807) is 0 Å². The first-order chi connectivity index (χ1) is 13.0. The summed E-state index contributed by atoms with van der Waals surface area (Å²) in [7, 11) is 0. The van der Waals surface area contributed by atoms with E-state index in [4.69, 9.17) is 0 Å². The molecule has 0 aromatic rings. The molecule has 0 heterocycles. The SMILES string of the molecule is CCCCCC/C=C\CCCCCCCC(O)C[C@@]1(O)C=CC(=O)[C@H](O)C1. The number of carbonyl (C=O) groups is 1. The third-order valence-electron chi connectivity index (χ3n) is 5.32. The summed E-state index contributed by atoms with van der Waals surface area (Å²) >= 11 is 0. The average Bonchev–Trinajstić information content (AvgIpc) is 2.62. The van der Waals surface area contributed by atoms with Gasteiger partial charge in [-0.25, -0.2) is 0 Å². The van der Waals surface area contributed by atoms with E-state index in [1.807, 2.05) is 0 Å². The van der Waals surface area contributed by atoms with E-state index in [1.165, 1.54) is 63.5 Å². The lowest BCUT2D eigenvalue weighted by Crippen LogP contribution is -2.41. The Morgan fingerprint density at radius 1 is 1.07 bits per heavy atom. The van der Waals surface area contributed by atoms with Crippen molar-refractivity contribution in [2.45, 2.75) is 115 Å². The van der Waals surface area contributed by atoms with Crippen LogP contribution in [0.3, 0.4) is 0 Å². The largest absolute Gasteiger partial charge is 0.393 e. The highest BCUT2D eigenvalue weighted by atomic mass is 16.3. The molecule has 4 nitrogen and oxygen atoms in total. The molecular weight excluding hydrogens is 340 g/mol. The predicted octanol–water partition coefficient (Wildman–Crippen LogP) is 4.62. The highest BCUT2D eigenvalue weighted by molar-refractivity contribution is 5.94. The maximum Gasteiger partial charge on any atom is 0.183 e. The third kappa shape index (κ3) is 11.5. The van der Waals surface area contributed by atoms with Crippen LogP contribution in [0, 0.1) is 0 Å². The standard InChI is InChI=1S/C23H40O4/c1-2-3-4-5-6-7-8-9-10-11-12-13-14-15-20(24)18-23(27)17-16-21(25)22(26)19-23/h7-8,16-17,20,22,24,26-27H,2-6,9-15,18-19H2,1H3/b8-7-/t20?,22-,23+/m1/s1. The van der Waals surface area contributed by atoms with E-state index in [0.29, 0.717) is 6.42 Å². The summed E-state index contributed by atoms with van der Waals surface area (Å²) in [6.07, 6.45) is 19.7. The van der Waals surface area contributed by atoms with Gasteiger partial charge in [0.2, 0.25) is 0 Å². The molecule has 0 aliphatic heterocycles. The van der Waals surface area contributed by atoms with Crippen molar-refractivity contribution >= 4 is 5.78 Å². The molecular formula is C23H40O4. The maximum atomic E-state index is 11.3. The fourth-order valence-corrected chi connectivity index (χ4v) is 3.61. The van der Waals surface area contributed by atoms with Gasteiger partial charge in [0, 0.05) is 12.8 Å². The average molecular weight is 381 g/mol. The molecule has 27 heavy (non-hydrogen) atoms. The van der Waals surface area contributed by atoms with Crippen LogP contribution in [0.5, 0.6) is 0 Å². The quantitative estimate of drug-likeness (QED) is 0.286. The molecule has 1 rings (SSSR count). The van der Waals surface area contributed by atoms with E-state index < -0.39 is 17.8 Å². The van der Waals surface area contributed by atoms with E-state index in [0.717, 1.165) is 19.3 Å². The minimum absolute atomic E-state index is 0.0223. The van der Waals surface area contributed by atoms with Gasteiger partial charge in [-0.05, 0) is 44.3 Å². The second kappa shape index (κ2) is 14.1. The van der Waals surface area contributed by atoms with Gasteiger partial charge in [-0.3, -0.25) is 4.79 Å². The van der Waals surface area contributed by atoms with E-state index in [-0.39, 0.29) is 18.6 Å². The number of hydrogen-bond donors (Lipinski definition) is 3. The van der Waals surface area contributed by atoms with Crippen molar-refractivity contribution < 1.29 is 20.1 Å². The summed E-state index contributed by atoms with van der Waals surface area (Å²) in [5.41, 5.74) is -1.27. The van der Waals surface area contributed by atoms with Gasteiger partial charge in [0.1, 0.15) is 6.10 Å². The fourth-order valence-electron chi connectivity index (χ4n) is 3.61.